The fourth-order valence-corrected chi connectivity index (χ4v) is 5.66. The second kappa shape index (κ2) is 35.4. The maximum absolute atomic E-state index is 12.4. The van der Waals surface area contributed by atoms with E-state index in [1.165, 1.54) is 109 Å². The fourth-order valence-electron chi connectivity index (χ4n) is 5.66. The number of hydrogen-bond acceptors (Lipinski definition) is 4. The predicted octanol–water partition coefficient (Wildman–Crippen LogP) is 10.4. The average molecular weight is 634 g/mol. The summed E-state index contributed by atoms with van der Waals surface area (Å²) in [5.74, 6) is -0.165. The highest BCUT2D eigenvalue weighted by Gasteiger charge is 2.26. The molecule has 4 N–H and O–H groups in total. The van der Waals surface area contributed by atoms with Crippen LogP contribution in [0.4, 0.5) is 0 Å². The Balaban J connectivity index is 3.74. The molecule has 1 amide bonds. The molecule has 3 atom stereocenters. The van der Waals surface area contributed by atoms with Crippen molar-refractivity contribution in [2.24, 2.45) is 0 Å². The third kappa shape index (κ3) is 31.0. The molecule has 0 aromatic rings. The highest BCUT2D eigenvalue weighted by atomic mass is 16.3. The van der Waals surface area contributed by atoms with Gasteiger partial charge < -0.3 is 20.6 Å². The van der Waals surface area contributed by atoms with Crippen LogP contribution in [0.2, 0.25) is 0 Å². The van der Waals surface area contributed by atoms with Gasteiger partial charge in [-0.15, -0.1) is 0 Å². The molecule has 3 unspecified atom stereocenters. The lowest BCUT2D eigenvalue weighted by molar-refractivity contribution is -0.124. The summed E-state index contributed by atoms with van der Waals surface area (Å²) in [6, 6.07) is -0.828. The molecule has 0 rings (SSSR count). The van der Waals surface area contributed by atoms with Gasteiger partial charge >= 0.3 is 0 Å². The molecule has 0 fully saturated rings. The quantitative estimate of drug-likeness (QED) is 0.0419. The molecule has 0 bridgehead atoms. The van der Waals surface area contributed by atoms with Crippen LogP contribution in [-0.4, -0.2) is 46.1 Å². The van der Waals surface area contributed by atoms with E-state index in [-0.39, 0.29) is 12.5 Å². The van der Waals surface area contributed by atoms with Crippen LogP contribution in [-0.2, 0) is 4.79 Å². The Bertz CT molecular complexity index is 704. The standard InChI is InChI=1S/C40H75NO4/c1-3-5-7-9-11-13-15-17-19-20-21-23-25-27-29-31-33-35-39(44)41-37(36-42)40(45)38(43)34-32-30-28-26-24-22-18-16-14-12-10-8-6-4-2/h11,13,17,19,26,28,37-38,40,42-43,45H,3-10,12,14-16,18,20-25,27,29-36H2,1-2H3,(H,41,44)/b13-11-,19-17-,28-26+. The van der Waals surface area contributed by atoms with Crippen molar-refractivity contribution in [3.63, 3.8) is 0 Å². The maximum atomic E-state index is 12.4. The number of carbonyl (C=O) groups excluding carboxylic acids is 1. The van der Waals surface area contributed by atoms with E-state index in [4.69, 9.17) is 0 Å². The summed E-state index contributed by atoms with van der Waals surface area (Å²) in [4.78, 5) is 12.4. The van der Waals surface area contributed by atoms with E-state index in [1.807, 2.05) is 0 Å². The highest BCUT2D eigenvalue weighted by Crippen LogP contribution is 2.14. The molecule has 0 aliphatic heterocycles. The smallest absolute Gasteiger partial charge is 0.220 e. The Hall–Kier alpha value is -1.43. The highest BCUT2D eigenvalue weighted by molar-refractivity contribution is 5.76. The largest absolute Gasteiger partial charge is 0.394 e. The number of aliphatic hydroxyl groups excluding tert-OH is 3. The number of hydrogen-bond donors (Lipinski definition) is 4. The molecule has 45 heavy (non-hydrogen) atoms. The van der Waals surface area contributed by atoms with Gasteiger partial charge in [0.1, 0.15) is 6.10 Å². The molecule has 0 spiro atoms. The zero-order valence-corrected chi connectivity index (χ0v) is 29.7. The topological polar surface area (TPSA) is 89.8 Å². The SMILES string of the molecule is CCCCC/C=C\C/C=C\CCCCCCCCCC(=O)NC(CO)C(O)C(O)CCC/C=C/CCCCCCCCCCC. The first-order valence-electron chi connectivity index (χ1n) is 19.3. The van der Waals surface area contributed by atoms with E-state index in [0.29, 0.717) is 12.8 Å². The lowest BCUT2D eigenvalue weighted by atomic mass is 10.0. The number of allylic oxidation sites excluding steroid dienone is 6. The summed E-state index contributed by atoms with van der Waals surface area (Å²) in [5.41, 5.74) is 0. The summed E-state index contributed by atoms with van der Waals surface area (Å²) < 4.78 is 0. The number of nitrogens with one attached hydrogen (secondary N) is 1. The van der Waals surface area contributed by atoms with Crippen molar-refractivity contribution >= 4 is 5.91 Å². The lowest BCUT2D eigenvalue weighted by Gasteiger charge is -2.26. The Labute approximate surface area is 279 Å². The van der Waals surface area contributed by atoms with Crippen LogP contribution < -0.4 is 5.32 Å². The van der Waals surface area contributed by atoms with Gasteiger partial charge in [-0.3, -0.25) is 4.79 Å². The van der Waals surface area contributed by atoms with Crippen LogP contribution >= 0.6 is 0 Å². The van der Waals surface area contributed by atoms with Crippen molar-refractivity contribution in [1.82, 2.24) is 5.32 Å². The zero-order valence-electron chi connectivity index (χ0n) is 29.7. The van der Waals surface area contributed by atoms with Crippen LogP contribution in [0.25, 0.3) is 0 Å². The summed E-state index contributed by atoms with van der Waals surface area (Å²) in [6.45, 7) is 4.12. The van der Waals surface area contributed by atoms with E-state index in [0.717, 1.165) is 51.4 Å². The van der Waals surface area contributed by atoms with Gasteiger partial charge in [0.05, 0.1) is 18.8 Å². The summed E-state index contributed by atoms with van der Waals surface area (Å²) in [6.07, 6.45) is 42.3. The second-order valence-corrected chi connectivity index (χ2v) is 13.1. The van der Waals surface area contributed by atoms with Crippen LogP contribution in [0, 0.1) is 0 Å². The van der Waals surface area contributed by atoms with Crippen molar-refractivity contribution in [1.29, 1.82) is 0 Å². The molecule has 0 aromatic carbocycles. The number of amides is 1. The monoisotopic (exact) mass is 634 g/mol. The Morgan fingerprint density at radius 3 is 1.47 bits per heavy atom. The lowest BCUT2D eigenvalue weighted by Crippen LogP contribution is -2.50. The minimum absolute atomic E-state index is 0.165. The molecule has 0 saturated carbocycles. The number of rotatable bonds is 34. The molecule has 5 nitrogen and oxygen atoms in total. The minimum atomic E-state index is -1.16. The first kappa shape index (κ1) is 43.6. The van der Waals surface area contributed by atoms with E-state index < -0.39 is 18.2 Å². The van der Waals surface area contributed by atoms with Gasteiger partial charge in [0.2, 0.25) is 5.91 Å². The molecule has 0 aliphatic rings. The molecular formula is C40H75NO4. The Kier molecular flexibility index (Phi) is 34.3. The van der Waals surface area contributed by atoms with Gasteiger partial charge in [-0.1, -0.05) is 147 Å². The summed E-state index contributed by atoms with van der Waals surface area (Å²) >= 11 is 0. The molecule has 0 radical (unpaired) electrons. The van der Waals surface area contributed by atoms with E-state index in [9.17, 15) is 20.1 Å². The molecule has 0 heterocycles. The summed E-state index contributed by atoms with van der Waals surface area (Å²) in [7, 11) is 0. The fraction of sp³-hybridized carbons (Fsp3) is 0.825. The molecular weight excluding hydrogens is 558 g/mol. The van der Waals surface area contributed by atoms with E-state index >= 15 is 0 Å². The van der Waals surface area contributed by atoms with Crippen LogP contribution in [0.3, 0.4) is 0 Å². The average Bonchev–Trinajstić information content (AvgIpc) is 3.04. The maximum Gasteiger partial charge on any atom is 0.220 e. The third-order valence-electron chi connectivity index (χ3n) is 8.72. The van der Waals surface area contributed by atoms with E-state index in [1.54, 1.807) is 0 Å². The van der Waals surface area contributed by atoms with Crippen molar-refractivity contribution < 1.29 is 20.1 Å². The number of carbonyl (C=O) groups is 1. The van der Waals surface area contributed by atoms with Gasteiger partial charge in [0.25, 0.3) is 0 Å². The van der Waals surface area contributed by atoms with Gasteiger partial charge in [-0.05, 0) is 70.6 Å². The molecule has 264 valence electrons. The van der Waals surface area contributed by atoms with Crippen LogP contribution in [0.1, 0.15) is 187 Å². The van der Waals surface area contributed by atoms with Gasteiger partial charge in [0, 0.05) is 6.42 Å². The predicted molar refractivity (Wildman–Crippen MR) is 194 cm³/mol. The number of aliphatic hydroxyl groups is 3. The minimum Gasteiger partial charge on any atom is -0.394 e. The van der Waals surface area contributed by atoms with Crippen molar-refractivity contribution in [3.05, 3.63) is 36.5 Å². The Morgan fingerprint density at radius 2 is 0.956 bits per heavy atom. The molecule has 5 heteroatoms. The van der Waals surface area contributed by atoms with Crippen LogP contribution in [0.5, 0.6) is 0 Å². The van der Waals surface area contributed by atoms with Gasteiger partial charge in [0.15, 0.2) is 0 Å². The molecule has 0 aliphatic carbocycles. The van der Waals surface area contributed by atoms with Crippen molar-refractivity contribution in [2.75, 3.05) is 6.61 Å². The third-order valence-corrected chi connectivity index (χ3v) is 8.72. The van der Waals surface area contributed by atoms with Crippen LogP contribution in [0.15, 0.2) is 36.5 Å². The Morgan fingerprint density at radius 1 is 0.556 bits per heavy atom. The molecule has 0 saturated heterocycles. The van der Waals surface area contributed by atoms with Crippen molar-refractivity contribution in [3.8, 4) is 0 Å². The molecule has 0 aromatic heterocycles. The summed E-state index contributed by atoms with van der Waals surface area (Å²) in [5, 5.41) is 33.3. The zero-order chi connectivity index (χ0) is 33.1. The first-order chi connectivity index (χ1) is 22.1. The van der Waals surface area contributed by atoms with E-state index in [2.05, 4.69) is 55.6 Å². The number of unbranched alkanes of at least 4 members (excludes halogenated alkanes) is 20. The van der Waals surface area contributed by atoms with Gasteiger partial charge in [-0.2, -0.15) is 0 Å². The first-order valence-corrected chi connectivity index (χ1v) is 19.3. The van der Waals surface area contributed by atoms with Gasteiger partial charge in [-0.25, -0.2) is 0 Å². The van der Waals surface area contributed by atoms with Crippen molar-refractivity contribution in [2.45, 2.75) is 205 Å². The second-order valence-electron chi connectivity index (χ2n) is 13.1. The normalized spacial score (nSPS) is 14.2.